The van der Waals surface area contributed by atoms with Crippen LogP contribution in [0.4, 0.5) is 0 Å². The number of hydrogen-bond donors (Lipinski definition) is 1. The molecule has 0 heterocycles. The molecular formula is C12H2Cl8O2. The molecule has 2 aromatic rings. The highest BCUT2D eigenvalue weighted by Crippen LogP contribution is 2.52. The lowest BCUT2D eigenvalue weighted by molar-refractivity contribution is 0.412. The van der Waals surface area contributed by atoms with E-state index < -0.39 is 5.75 Å². The molecule has 0 atom stereocenters. The summed E-state index contributed by atoms with van der Waals surface area (Å²) in [6.07, 6.45) is 0. The van der Waals surface area contributed by atoms with E-state index in [1.807, 2.05) is 0 Å². The summed E-state index contributed by atoms with van der Waals surface area (Å²) in [6.45, 7) is 0. The number of rotatable bonds is 2. The average Bonchev–Trinajstić information content (AvgIpc) is 2.50. The Balaban J connectivity index is 2.63. The molecule has 0 spiro atoms. The quantitative estimate of drug-likeness (QED) is 0.359. The number of ether oxygens (including phenoxy) is 1. The lowest BCUT2D eigenvalue weighted by atomic mass is 10.3. The van der Waals surface area contributed by atoms with Crippen LogP contribution in [0.1, 0.15) is 0 Å². The van der Waals surface area contributed by atoms with Gasteiger partial charge < -0.3 is 9.84 Å². The largest absolute Gasteiger partial charge is 0.503 e. The third kappa shape index (κ3) is 3.26. The van der Waals surface area contributed by atoms with Crippen molar-refractivity contribution in [2.75, 3.05) is 0 Å². The fourth-order valence-electron chi connectivity index (χ4n) is 1.43. The first-order valence-electron chi connectivity index (χ1n) is 5.22. The molecule has 2 nitrogen and oxygen atoms in total. The van der Waals surface area contributed by atoms with E-state index >= 15 is 0 Å². The van der Waals surface area contributed by atoms with Crippen LogP contribution in [0.5, 0.6) is 17.2 Å². The zero-order valence-electron chi connectivity index (χ0n) is 9.96. The van der Waals surface area contributed by atoms with Gasteiger partial charge in [-0.2, -0.15) is 0 Å². The first-order chi connectivity index (χ1) is 10.2. The number of halogens is 8. The summed E-state index contributed by atoms with van der Waals surface area (Å²) in [5.41, 5.74) is 0. The fraction of sp³-hybridized carbons (Fsp3) is 0. The van der Waals surface area contributed by atoms with E-state index in [-0.39, 0.29) is 51.7 Å². The SMILES string of the molecule is Oc1c(Oc2c(Cl)c(Cl)c(Cl)c(Cl)c2Cl)cc(Cl)c(Cl)c1Cl. The van der Waals surface area contributed by atoms with Crippen molar-refractivity contribution in [2.24, 2.45) is 0 Å². The molecule has 118 valence electrons. The van der Waals surface area contributed by atoms with Gasteiger partial charge in [0, 0.05) is 6.07 Å². The lowest BCUT2D eigenvalue weighted by Gasteiger charge is -2.15. The Bertz CT molecular complexity index is 746. The highest BCUT2D eigenvalue weighted by atomic mass is 35.5. The Labute approximate surface area is 165 Å². The Kier molecular flexibility index (Phi) is 6.02. The van der Waals surface area contributed by atoms with Crippen molar-refractivity contribution < 1.29 is 9.84 Å². The smallest absolute Gasteiger partial charge is 0.179 e. The topological polar surface area (TPSA) is 29.5 Å². The highest BCUT2D eigenvalue weighted by Gasteiger charge is 2.23. The molecule has 0 saturated carbocycles. The summed E-state index contributed by atoms with van der Waals surface area (Å²) in [7, 11) is 0. The number of hydrogen-bond acceptors (Lipinski definition) is 2. The van der Waals surface area contributed by atoms with Crippen LogP contribution in [0.2, 0.25) is 40.2 Å². The van der Waals surface area contributed by atoms with Crippen molar-refractivity contribution >= 4 is 92.8 Å². The molecule has 22 heavy (non-hydrogen) atoms. The molecule has 0 aliphatic heterocycles. The number of benzene rings is 2. The van der Waals surface area contributed by atoms with Crippen LogP contribution in [0.25, 0.3) is 0 Å². The molecule has 0 fully saturated rings. The van der Waals surface area contributed by atoms with E-state index in [1.165, 1.54) is 6.07 Å². The van der Waals surface area contributed by atoms with Crippen LogP contribution in [-0.2, 0) is 0 Å². The third-order valence-corrected chi connectivity index (χ3v) is 5.98. The summed E-state index contributed by atoms with van der Waals surface area (Å²) in [4.78, 5) is 0. The third-order valence-electron chi connectivity index (χ3n) is 2.48. The maximum atomic E-state index is 9.96. The summed E-state index contributed by atoms with van der Waals surface area (Å²) in [6, 6.07) is 1.23. The van der Waals surface area contributed by atoms with Crippen LogP contribution < -0.4 is 4.74 Å². The lowest BCUT2D eigenvalue weighted by Crippen LogP contribution is -1.91. The second-order valence-corrected chi connectivity index (χ2v) is 6.89. The molecule has 0 saturated heterocycles. The van der Waals surface area contributed by atoms with Gasteiger partial charge in [-0.3, -0.25) is 0 Å². The van der Waals surface area contributed by atoms with E-state index in [1.54, 1.807) is 0 Å². The van der Waals surface area contributed by atoms with Gasteiger partial charge in [-0.05, 0) is 0 Å². The Hall–Kier alpha value is 0.360. The van der Waals surface area contributed by atoms with Crippen molar-refractivity contribution in [2.45, 2.75) is 0 Å². The normalized spacial score (nSPS) is 10.9. The second kappa shape index (κ2) is 7.08. The van der Waals surface area contributed by atoms with E-state index in [0.29, 0.717) is 0 Å². The number of phenols is 1. The first-order valence-corrected chi connectivity index (χ1v) is 8.24. The molecule has 1 N–H and O–H groups in total. The van der Waals surface area contributed by atoms with Crippen LogP contribution in [-0.4, -0.2) is 5.11 Å². The van der Waals surface area contributed by atoms with Gasteiger partial charge in [-0.15, -0.1) is 0 Å². The minimum atomic E-state index is -0.453. The van der Waals surface area contributed by atoms with Gasteiger partial charge in [0.2, 0.25) is 0 Å². The zero-order chi connectivity index (χ0) is 16.8. The van der Waals surface area contributed by atoms with Gasteiger partial charge in [-0.25, -0.2) is 0 Å². The van der Waals surface area contributed by atoms with Crippen molar-refractivity contribution in [3.8, 4) is 17.2 Å². The molecule has 0 unspecified atom stereocenters. The molecule has 0 aliphatic rings. The summed E-state index contributed by atoms with van der Waals surface area (Å²) < 4.78 is 5.44. The fourth-order valence-corrected chi connectivity index (χ4v) is 3.21. The number of phenolic OH excluding ortho intramolecular Hbond substituents is 1. The molecule has 2 rings (SSSR count). The minimum absolute atomic E-state index is 0.0259. The molecule has 0 bridgehead atoms. The van der Waals surface area contributed by atoms with Gasteiger partial charge in [-0.1, -0.05) is 92.8 Å². The zero-order valence-corrected chi connectivity index (χ0v) is 16.0. The summed E-state index contributed by atoms with van der Waals surface area (Å²) in [5, 5.41) is 9.46. The average molecular weight is 462 g/mol. The Morgan fingerprint density at radius 3 is 1.59 bits per heavy atom. The summed E-state index contributed by atoms with van der Waals surface area (Å²) >= 11 is 47.3. The van der Waals surface area contributed by atoms with Gasteiger partial charge in [0.15, 0.2) is 17.2 Å². The maximum Gasteiger partial charge on any atom is 0.179 e. The van der Waals surface area contributed by atoms with Crippen LogP contribution in [0.15, 0.2) is 6.07 Å². The summed E-state index contributed by atoms with van der Waals surface area (Å²) in [5.74, 6) is -0.712. The van der Waals surface area contributed by atoms with Crippen molar-refractivity contribution in [3.05, 3.63) is 46.2 Å². The molecule has 0 aliphatic carbocycles. The van der Waals surface area contributed by atoms with Crippen molar-refractivity contribution in [3.63, 3.8) is 0 Å². The monoisotopic (exact) mass is 458 g/mol. The van der Waals surface area contributed by atoms with E-state index in [4.69, 9.17) is 97.5 Å². The van der Waals surface area contributed by atoms with E-state index in [9.17, 15) is 5.11 Å². The Morgan fingerprint density at radius 2 is 1.09 bits per heavy atom. The predicted molar refractivity (Wildman–Crippen MR) is 94.7 cm³/mol. The second-order valence-electron chi connectivity index (χ2n) is 3.83. The highest BCUT2D eigenvalue weighted by molar-refractivity contribution is 6.55. The van der Waals surface area contributed by atoms with Crippen molar-refractivity contribution in [1.29, 1.82) is 0 Å². The minimum Gasteiger partial charge on any atom is -0.503 e. The molecule has 0 radical (unpaired) electrons. The Morgan fingerprint density at radius 1 is 0.636 bits per heavy atom. The molecular weight excluding hydrogens is 460 g/mol. The van der Waals surface area contributed by atoms with Crippen LogP contribution >= 0.6 is 92.8 Å². The van der Waals surface area contributed by atoms with E-state index in [0.717, 1.165) is 0 Å². The van der Waals surface area contributed by atoms with Crippen LogP contribution in [0.3, 0.4) is 0 Å². The molecule has 0 amide bonds. The predicted octanol–water partition coefficient (Wildman–Crippen LogP) is 8.41. The maximum absolute atomic E-state index is 9.96. The van der Waals surface area contributed by atoms with Crippen LogP contribution in [0, 0.1) is 0 Å². The first kappa shape index (κ1) is 18.7. The van der Waals surface area contributed by atoms with Gasteiger partial charge in [0.25, 0.3) is 0 Å². The van der Waals surface area contributed by atoms with Gasteiger partial charge in [0.1, 0.15) is 15.1 Å². The molecule has 0 aromatic heterocycles. The molecule has 2 aromatic carbocycles. The van der Waals surface area contributed by atoms with Gasteiger partial charge in [0.05, 0.1) is 25.1 Å². The molecule has 10 heteroatoms. The van der Waals surface area contributed by atoms with E-state index in [2.05, 4.69) is 0 Å². The standard InChI is InChI=1S/C12H2Cl8O2/c13-2-1-3(11(21)8(18)4(2)14)22-12-9(19)6(16)5(15)7(17)10(12)20/h1,21H. The van der Waals surface area contributed by atoms with Crippen molar-refractivity contribution in [1.82, 2.24) is 0 Å². The number of aromatic hydroxyl groups is 1. The van der Waals surface area contributed by atoms with Gasteiger partial charge >= 0.3 is 0 Å².